The Morgan fingerprint density at radius 3 is 2.44 bits per heavy atom. The van der Waals surface area contributed by atoms with Crippen LogP contribution in [0.15, 0.2) is 30.3 Å². The second kappa shape index (κ2) is 6.51. The van der Waals surface area contributed by atoms with E-state index in [1.165, 1.54) is 4.31 Å². The first-order valence-electron chi connectivity index (χ1n) is 5.80. The Morgan fingerprint density at radius 2 is 1.94 bits per heavy atom. The van der Waals surface area contributed by atoms with Crippen molar-refractivity contribution in [2.45, 2.75) is 13.3 Å². The second-order valence-electron chi connectivity index (χ2n) is 4.00. The molecule has 0 saturated heterocycles. The van der Waals surface area contributed by atoms with Crippen LogP contribution in [0.4, 0.5) is 0 Å². The fraction of sp³-hybridized carbons (Fsp3) is 0.417. The maximum Gasteiger partial charge on any atom is 0.214 e. The van der Waals surface area contributed by atoms with Gasteiger partial charge >= 0.3 is 0 Å². The average Bonchev–Trinajstić information content (AvgIpc) is 2.34. The van der Waals surface area contributed by atoms with Crippen molar-refractivity contribution in [2.75, 3.05) is 18.8 Å². The van der Waals surface area contributed by atoms with E-state index in [4.69, 9.17) is 11.1 Å². The third kappa shape index (κ3) is 4.46. The number of likely N-dealkylation sites (N-methyl/N-ethyl adjacent to an activating group) is 1. The molecule has 18 heavy (non-hydrogen) atoms. The quantitative estimate of drug-likeness (QED) is 0.567. The zero-order valence-electron chi connectivity index (χ0n) is 10.5. The van der Waals surface area contributed by atoms with Gasteiger partial charge in [0, 0.05) is 6.54 Å². The van der Waals surface area contributed by atoms with E-state index in [0.29, 0.717) is 13.0 Å². The van der Waals surface area contributed by atoms with Gasteiger partial charge in [-0.15, -0.1) is 0 Å². The Morgan fingerprint density at radius 1 is 1.33 bits per heavy atom. The van der Waals surface area contributed by atoms with Crippen LogP contribution in [0.25, 0.3) is 0 Å². The van der Waals surface area contributed by atoms with Crippen LogP contribution in [-0.2, 0) is 16.4 Å². The van der Waals surface area contributed by atoms with Gasteiger partial charge in [0.05, 0.1) is 12.3 Å². The number of rotatable bonds is 7. The Balaban J connectivity index is 2.66. The van der Waals surface area contributed by atoms with E-state index in [9.17, 15) is 8.42 Å². The van der Waals surface area contributed by atoms with Crippen LogP contribution in [0.1, 0.15) is 12.5 Å². The summed E-state index contributed by atoms with van der Waals surface area (Å²) in [7, 11) is -3.35. The minimum atomic E-state index is -3.35. The van der Waals surface area contributed by atoms with E-state index < -0.39 is 10.0 Å². The Hall–Kier alpha value is -1.40. The van der Waals surface area contributed by atoms with Gasteiger partial charge in [-0.2, -0.15) is 4.31 Å². The molecular formula is C12H19N3O2S. The van der Waals surface area contributed by atoms with E-state index in [1.807, 2.05) is 30.3 Å². The normalized spacial score (nSPS) is 11.7. The summed E-state index contributed by atoms with van der Waals surface area (Å²) in [5, 5.41) is 7.18. The largest absolute Gasteiger partial charge is 0.387 e. The predicted molar refractivity (Wildman–Crippen MR) is 73.1 cm³/mol. The molecule has 5 nitrogen and oxygen atoms in total. The standard InChI is InChI=1S/C12H19N3O2S/c1-2-15(10-12(13)14)18(16,17)9-8-11-6-4-3-5-7-11/h3-7H,2,8-10H2,1H3,(H3,13,14). The molecule has 0 saturated carbocycles. The van der Waals surface area contributed by atoms with Crippen LogP contribution >= 0.6 is 0 Å². The summed E-state index contributed by atoms with van der Waals surface area (Å²) in [5.74, 6) is -0.0989. The summed E-state index contributed by atoms with van der Waals surface area (Å²) in [6, 6.07) is 9.46. The lowest BCUT2D eigenvalue weighted by Crippen LogP contribution is -2.39. The van der Waals surface area contributed by atoms with Crippen LogP contribution in [0.3, 0.4) is 0 Å². The predicted octanol–water partition coefficient (Wildman–Crippen LogP) is 0.817. The van der Waals surface area contributed by atoms with Crippen molar-refractivity contribution < 1.29 is 8.42 Å². The van der Waals surface area contributed by atoms with Gasteiger partial charge in [-0.25, -0.2) is 8.42 Å². The number of amidine groups is 1. The maximum absolute atomic E-state index is 12.0. The minimum Gasteiger partial charge on any atom is -0.387 e. The Labute approximate surface area is 108 Å². The molecule has 3 N–H and O–H groups in total. The number of hydrogen-bond acceptors (Lipinski definition) is 3. The molecule has 6 heteroatoms. The number of aryl methyl sites for hydroxylation is 1. The van der Waals surface area contributed by atoms with Gasteiger partial charge in [-0.1, -0.05) is 37.3 Å². The van der Waals surface area contributed by atoms with Crippen molar-refractivity contribution in [2.24, 2.45) is 5.73 Å². The SMILES string of the molecule is CCN(CC(=N)N)S(=O)(=O)CCc1ccccc1. The molecule has 0 aliphatic rings. The van der Waals surface area contributed by atoms with Crippen LogP contribution in [0, 0.1) is 5.41 Å². The van der Waals surface area contributed by atoms with Gasteiger partial charge in [-0.05, 0) is 12.0 Å². The molecule has 0 heterocycles. The summed E-state index contributed by atoms with van der Waals surface area (Å²) >= 11 is 0. The number of nitrogens with zero attached hydrogens (tertiary/aromatic N) is 1. The van der Waals surface area contributed by atoms with Gasteiger partial charge < -0.3 is 5.73 Å². The lowest BCUT2D eigenvalue weighted by Gasteiger charge is -2.19. The van der Waals surface area contributed by atoms with E-state index >= 15 is 0 Å². The summed E-state index contributed by atoms with van der Waals surface area (Å²) in [6.45, 7) is 2.04. The lowest BCUT2D eigenvalue weighted by molar-refractivity contribution is 0.465. The van der Waals surface area contributed by atoms with Crippen molar-refractivity contribution in [3.63, 3.8) is 0 Å². The molecule has 0 unspecified atom stereocenters. The smallest absolute Gasteiger partial charge is 0.214 e. The molecule has 0 aliphatic heterocycles. The van der Waals surface area contributed by atoms with Crippen molar-refractivity contribution in [1.29, 1.82) is 5.41 Å². The molecule has 0 atom stereocenters. The molecule has 100 valence electrons. The molecule has 0 aliphatic carbocycles. The van der Waals surface area contributed by atoms with Gasteiger partial charge in [0.25, 0.3) is 0 Å². The Kier molecular flexibility index (Phi) is 5.30. The highest BCUT2D eigenvalue weighted by Crippen LogP contribution is 2.06. The van der Waals surface area contributed by atoms with Crippen molar-refractivity contribution in [3.05, 3.63) is 35.9 Å². The van der Waals surface area contributed by atoms with E-state index in [-0.39, 0.29) is 18.1 Å². The summed E-state index contributed by atoms with van der Waals surface area (Å²) in [5.41, 5.74) is 6.24. The maximum atomic E-state index is 12.0. The number of sulfonamides is 1. The molecule has 0 radical (unpaired) electrons. The average molecular weight is 269 g/mol. The highest BCUT2D eigenvalue weighted by Gasteiger charge is 2.20. The molecule has 1 aromatic carbocycles. The molecule has 1 rings (SSSR count). The zero-order chi connectivity index (χ0) is 13.6. The molecule has 0 spiro atoms. The first-order chi connectivity index (χ1) is 8.45. The number of nitrogens with two attached hydrogens (primary N) is 1. The molecule has 0 amide bonds. The monoisotopic (exact) mass is 269 g/mol. The van der Waals surface area contributed by atoms with E-state index in [1.54, 1.807) is 6.92 Å². The van der Waals surface area contributed by atoms with Gasteiger partial charge in [0.2, 0.25) is 10.0 Å². The first-order valence-corrected chi connectivity index (χ1v) is 7.41. The fourth-order valence-corrected chi connectivity index (χ4v) is 3.10. The highest BCUT2D eigenvalue weighted by molar-refractivity contribution is 7.89. The lowest BCUT2D eigenvalue weighted by atomic mass is 10.2. The summed E-state index contributed by atoms with van der Waals surface area (Å²) < 4.78 is 25.3. The van der Waals surface area contributed by atoms with Gasteiger partial charge in [0.1, 0.15) is 5.84 Å². The molecule has 0 aromatic heterocycles. The van der Waals surface area contributed by atoms with Crippen molar-refractivity contribution in [3.8, 4) is 0 Å². The third-order valence-corrected chi connectivity index (χ3v) is 4.48. The molecule has 0 bridgehead atoms. The van der Waals surface area contributed by atoms with Crippen LogP contribution in [-0.4, -0.2) is 37.4 Å². The van der Waals surface area contributed by atoms with Gasteiger partial charge in [0.15, 0.2) is 0 Å². The highest BCUT2D eigenvalue weighted by atomic mass is 32.2. The first kappa shape index (κ1) is 14.7. The van der Waals surface area contributed by atoms with Crippen molar-refractivity contribution in [1.82, 2.24) is 4.31 Å². The summed E-state index contributed by atoms with van der Waals surface area (Å²) in [4.78, 5) is 0. The fourth-order valence-electron chi connectivity index (χ4n) is 1.62. The second-order valence-corrected chi connectivity index (χ2v) is 6.09. The van der Waals surface area contributed by atoms with E-state index in [2.05, 4.69) is 0 Å². The van der Waals surface area contributed by atoms with Crippen LogP contribution < -0.4 is 5.73 Å². The summed E-state index contributed by atoms with van der Waals surface area (Å²) in [6.07, 6.45) is 0.470. The van der Waals surface area contributed by atoms with Gasteiger partial charge in [-0.3, -0.25) is 5.41 Å². The number of nitrogens with one attached hydrogen (secondary N) is 1. The number of hydrogen-bond donors (Lipinski definition) is 2. The van der Waals surface area contributed by atoms with Crippen LogP contribution in [0.5, 0.6) is 0 Å². The topological polar surface area (TPSA) is 87.2 Å². The van der Waals surface area contributed by atoms with E-state index in [0.717, 1.165) is 5.56 Å². The minimum absolute atomic E-state index is 0.0341. The van der Waals surface area contributed by atoms with Crippen LogP contribution in [0.2, 0.25) is 0 Å². The Bertz CT molecular complexity index is 485. The molecular weight excluding hydrogens is 250 g/mol. The number of benzene rings is 1. The molecule has 0 fully saturated rings. The third-order valence-electron chi connectivity index (χ3n) is 2.58. The molecule has 1 aromatic rings. The zero-order valence-corrected chi connectivity index (χ0v) is 11.3. The van der Waals surface area contributed by atoms with Crippen molar-refractivity contribution >= 4 is 15.9 Å².